The molecule has 6 heteroatoms. The van der Waals surface area contributed by atoms with E-state index >= 15 is 0 Å². The van der Waals surface area contributed by atoms with Crippen LogP contribution in [0, 0.1) is 17.2 Å². The van der Waals surface area contributed by atoms with E-state index in [0.29, 0.717) is 11.5 Å². The molecule has 1 fully saturated rings. The molecule has 1 atom stereocenters. The Morgan fingerprint density at radius 2 is 2.04 bits per heavy atom. The fourth-order valence-corrected chi connectivity index (χ4v) is 3.10. The highest BCUT2D eigenvalue weighted by molar-refractivity contribution is 5.57. The lowest BCUT2D eigenvalue weighted by molar-refractivity contribution is 0.394. The smallest absolute Gasteiger partial charge is 0.124 e. The molecule has 0 aliphatic carbocycles. The molecule has 1 unspecified atom stereocenters. The number of ether oxygens (including phenoxy) is 2. The summed E-state index contributed by atoms with van der Waals surface area (Å²) in [5, 5.41) is 12.5. The van der Waals surface area contributed by atoms with E-state index in [-0.39, 0.29) is 0 Å². The van der Waals surface area contributed by atoms with E-state index in [4.69, 9.17) is 14.7 Å². The minimum atomic E-state index is 0.504. The second kappa shape index (κ2) is 7.75. The lowest BCUT2D eigenvalue weighted by atomic mass is 10.1. The summed E-state index contributed by atoms with van der Waals surface area (Å²) in [5.41, 5.74) is 2.53. The van der Waals surface area contributed by atoms with Gasteiger partial charge in [-0.1, -0.05) is 0 Å². The van der Waals surface area contributed by atoms with Crippen molar-refractivity contribution in [2.75, 3.05) is 44.1 Å². The quantitative estimate of drug-likeness (QED) is 0.873. The summed E-state index contributed by atoms with van der Waals surface area (Å²) >= 11 is 0. The summed E-state index contributed by atoms with van der Waals surface area (Å²) in [6, 6.07) is 9.87. The van der Waals surface area contributed by atoms with Gasteiger partial charge in [-0.25, -0.2) is 0 Å². The molecular formula is C19H22N4O2. The van der Waals surface area contributed by atoms with Gasteiger partial charge in [0.1, 0.15) is 17.6 Å². The number of aromatic nitrogens is 1. The van der Waals surface area contributed by atoms with E-state index in [9.17, 15) is 0 Å². The number of hydrogen-bond acceptors (Lipinski definition) is 6. The number of methoxy groups -OCH3 is 2. The highest BCUT2D eigenvalue weighted by Gasteiger charge is 2.23. The van der Waals surface area contributed by atoms with Gasteiger partial charge in [-0.15, -0.1) is 0 Å². The average Bonchev–Trinajstić information content (AvgIpc) is 3.15. The molecule has 1 aliphatic rings. The Hall–Kier alpha value is -2.94. The van der Waals surface area contributed by atoms with Crippen molar-refractivity contribution in [2.45, 2.75) is 6.42 Å². The van der Waals surface area contributed by atoms with Crippen molar-refractivity contribution >= 4 is 11.4 Å². The zero-order valence-electron chi connectivity index (χ0n) is 14.5. The van der Waals surface area contributed by atoms with E-state index in [1.165, 1.54) is 0 Å². The Kier molecular flexibility index (Phi) is 5.24. The van der Waals surface area contributed by atoms with Crippen LogP contribution in [0.3, 0.4) is 0 Å². The number of hydrogen-bond donors (Lipinski definition) is 1. The number of nitriles is 1. The van der Waals surface area contributed by atoms with E-state index in [1.54, 1.807) is 32.7 Å². The normalized spacial score (nSPS) is 16.4. The predicted octanol–water partition coefficient (Wildman–Crippen LogP) is 2.91. The summed E-state index contributed by atoms with van der Waals surface area (Å²) < 4.78 is 10.7. The second-order valence-corrected chi connectivity index (χ2v) is 6.09. The molecule has 1 aromatic heterocycles. The van der Waals surface area contributed by atoms with Crippen LogP contribution in [0.2, 0.25) is 0 Å². The molecule has 3 rings (SSSR count). The molecule has 0 radical (unpaired) electrons. The number of nitrogens with one attached hydrogen (secondary N) is 1. The van der Waals surface area contributed by atoms with Gasteiger partial charge in [0.05, 0.1) is 31.7 Å². The largest absolute Gasteiger partial charge is 0.497 e. The third kappa shape index (κ3) is 3.94. The zero-order valence-corrected chi connectivity index (χ0v) is 14.5. The second-order valence-electron chi connectivity index (χ2n) is 6.09. The third-order valence-corrected chi connectivity index (χ3v) is 4.51. The Balaban J connectivity index is 1.63. The van der Waals surface area contributed by atoms with Crippen molar-refractivity contribution < 1.29 is 9.47 Å². The molecule has 6 nitrogen and oxygen atoms in total. The highest BCUT2D eigenvalue weighted by atomic mass is 16.5. The minimum Gasteiger partial charge on any atom is -0.497 e. The van der Waals surface area contributed by atoms with Crippen molar-refractivity contribution in [1.82, 2.24) is 4.98 Å². The van der Waals surface area contributed by atoms with Gasteiger partial charge < -0.3 is 19.7 Å². The summed E-state index contributed by atoms with van der Waals surface area (Å²) in [4.78, 5) is 6.43. The fraction of sp³-hybridized carbons (Fsp3) is 0.368. The van der Waals surface area contributed by atoms with Crippen LogP contribution >= 0.6 is 0 Å². The Morgan fingerprint density at radius 3 is 2.72 bits per heavy atom. The molecule has 1 aromatic carbocycles. The summed E-state index contributed by atoms with van der Waals surface area (Å²) in [5.74, 6) is 2.10. The first-order chi connectivity index (χ1) is 12.2. The maximum absolute atomic E-state index is 9.15. The van der Waals surface area contributed by atoms with Crippen LogP contribution in [0.4, 0.5) is 11.4 Å². The van der Waals surface area contributed by atoms with Gasteiger partial charge in [-0.05, 0) is 18.4 Å². The van der Waals surface area contributed by atoms with Gasteiger partial charge in [0.25, 0.3) is 0 Å². The predicted molar refractivity (Wildman–Crippen MR) is 97.3 cm³/mol. The van der Waals surface area contributed by atoms with Gasteiger partial charge in [0.2, 0.25) is 0 Å². The van der Waals surface area contributed by atoms with Crippen molar-refractivity contribution in [2.24, 2.45) is 5.92 Å². The van der Waals surface area contributed by atoms with Crippen LogP contribution in [0.1, 0.15) is 12.0 Å². The first-order valence-corrected chi connectivity index (χ1v) is 8.29. The number of anilines is 2. The van der Waals surface area contributed by atoms with E-state index in [2.05, 4.69) is 21.3 Å². The molecular weight excluding hydrogens is 316 g/mol. The van der Waals surface area contributed by atoms with Crippen LogP contribution in [0.5, 0.6) is 11.5 Å². The number of nitrogens with zero attached hydrogens (tertiary/aromatic N) is 3. The summed E-state index contributed by atoms with van der Waals surface area (Å²) in [7, 11) is 3.33. The molecule has 0 saturated carbocycles. The lowest BCUT2D eigenvalue weighted by Crippen LogP contribution is -2.22. The van der Waals surface area contributed by atoms with Crippen molar-refractivity contribution in [3.8, 4) is 17.6 Å². The molecule has 0 amide bonds. The van der Waals surface area contributed by atoms with E-state index in [1.807, 2.05) is 18.2 Å². The van der Waals surface area contributed by atoms with Gasteiger partial charge >= 0.3 is 0 Å². The maximum Gasteiger partial charge on any atom is 0.124 e. The third-order valence-electron chi connectivity index (χ3n) is 4.51. The van der Waals surface area contributed by atoms with Crippen molar-refractivity contribution in [3.05, 3.63) is 42.2 Å². The minimum absolute atomic E-state index is 0.504. The first-order valence-electron chi connectivity index (χ1n) is 8.29. The standard InChI is InChI=1S/C19H22N4O2/c1-24-17-7-16(8-18(9-17)25-2)23-6-4-14(13-23)11-22-19-12-21-5-3-15(19)10-20/h3,5,7-9,12,14,22H,4,6,11,13H2,1-2H3. The van der Waals surface area contributed by atoms with Crippen LogP contribution in [0.15, 0.2) is 36.7 Å². The van der Waals surface area contributed by atoms with Gasteiger partial charge in [0.15, 0.2) is 0 Å². The molecule has 2 heterocycles. The number of pyridine rings is 1. The topological polar surface area (TPSA) is 70.4 Å². The molecule has 0 spiro atoms. The summed E-state index contributed by atoms with van der Waals surface area (Å²) in [6.07, 6.45) is 4.43. The monoisotopic (exact) mass is 338 g/mol. The summed E-state index contributed by atoms with van der Waals surface area (Å²) in [6.45, 7) is 2.75. The molecule has 1 N–H and O–H groups in total. The molecule has 130 valence electrons. The molecule has 1 saturated heterocycles. The Bertz CT molecular complexity index is 750. The van der Waals surface area contributed by atoms with Crippen LogP contribution in [-0.2, 0) is 0 Å². The SMILES string of the molecule is COc1cc(OC)cc(N2CCC(CNc3cnccc3C#N)C2)c1. The van der Waals surface area contributed by atoms with Crippen LogP contribution in [-0.4, -0.2) is 38.8 Å². The highest BCUT2D eigenvalue weighted by Crippen LogP contribution is 2.31. The number of benzene rings is 1. The molecule has 0 bridgehead atoms. The number of rotatable bonds is 6. The zero-order chi connectivity index (χ0) is 17.6. The molecule has 1 aliphatic heterocycles. The van der Waals surface area contributed by atoms with Gasteiger partial charge in [-0.2, -0.15) is 5.26 Å². The Labute approximate surface area is 148 Å². The average molecular weight is 338 g/mol. The van der Waals surface area contributed by atoms with Crippen molar-refractivity contribution in [1.29, 1.82) is 5.26 Å². The van der Waals surface area contributed by atoms with Crippen molar-refractivity contribution in [3.63, 3.8) is 0 Å². The van der Waals surface area contributed by atoms with E-state index in [0.717, 1.165) is 48.9 Å². The lowest BCUT2D eigenvalue weighted by Gasteiger charge is -2.20. The molecule has 25 heavy (non-hydrogen) atoms. The Morgan fingerprint density at radius 1 is 1.28 bits per heavy atom. The van der Waals surface area contributed by atoms with E-state index < -0.39 is 0 Å². The van der Waals surface area contributed by atoms with Crippen LogP contribution < -0.4 is 19.7 Å². The maximum atomic E-state index is 9.15. The fourth-order valence-electron chi connectivity index (χ4n) is 3.10. The molecule has 2 aromatic rings. The van der Waals surface area contributed by atoms with Gasteiger partial charge in [-0.3, -0.25) is 4.98 Å². The van der Waals surface area contributed by atoms with Crippen LogP contribution in [0.25, 0.3) is 0 Å². The first kappa shape index (κ1) is 16.9. The van der Waals surface area contributed by atoms with Gasteiger partial charge in [0, 0.05) is 49.7 Å².